The van der Waals surface area contributed by atoms with Crippen LogP contribution in [0, 0.1) is 19.8 Å². The van der Waals surface area contributed by atoms with E-state index >= 15 is 0 Å². The molecule has 0 spiro atoms. The average molecular weight is 332 g/mol. The molecule has 1 aromatic rings. The minimum Gasteiger partial charge on any atom is -0.396 e. The lowest BCUT2D eigenvalue weighted by atomic mass is 9.95. The number of aryl methyl sites for hydroxylation is 2. The number of carbonyl (C=O) groups is 2. The van der Waals surface area contributed by atoms with Crippen LogP contribution < -0.4 is 5.32 Å². The monoisotopic (exact) mass is 332 g/mol. The molecule has 2 rings (SSSR count). The number of nitrogens with zero attached hydrogens (tertiary/aromatic N) is 1. The van der Waals surface area contributed by atoms with E-state index in [9.17, 15) is 9.59 Å². The van der Waals surface area contributed by atoms with Gasteiger partial charge in [0.25, 0.3) is 5.91 Å². The van der Waals surface area contributed by atoms with E-state index in [1.54, 1.807) is 4.90 Å². The van der Waals surface area contributed by atoms with Crippen LogP contribution in [-0.2, 0) is 4.79 Å². The van der Waals surface area contributed by atoms with Crippen molar-refractivity contribution in [1.82, 2.24) is 10.2 Å². The van der Waals surface area contributed by atoms with E-state index in [1.165, 1.54) is 0 Å². The van der Waals surface area contributed by atoms with E-state index in [-0.39, 0.29) is 30.4 Å². The fourth-order valence-electron chi connectivity index (χ4n) is 3.28. The van der Waals surface area contributed by atoms with E-state index in [1.807, 2.05) is 39.0 Å². The van der Waals surface area contributed by atoms with Crippen molar-refractivity contribution in [1.29, 1.82) is 0 Å². The van der Waals surface area contributed by atoms with Crippen LogP contribution in [0.4, 0.5) is 0 Å². The van der Waals surface area contributed by atoms with Crippen LogP contribution >= 0.6 is 0 Å². The first-order chi connectivity index (χ1) is 11.4. The normalized spacial score (nSPS) is 19.0. The number of carbonyl (C=O) groups excluding carboxylic acids is 2. The Hall–Kier alpha value is -1.88. The average Bonchev–Trinajstić information content (AvgIpc) is 2.53. The molecule has 1 fully saturated rings. The Kier molecular flexibility index (Phi) is 6.37. The van der Waals surface area contributed by atoms with Crippen molar-refractivity contribution in [2.75, 3.05) is 19.7 Å². The highest BCUT2D eigenvalue weighted by atomic mass is 16.3. The quantitative estimate of drug-likeness (QED) is 0.867. The molecule has 2 atom stereocenters. The van der Waals surface area contributed by atoms with E-state index in [0.717, 1.165) is 24.0 Å². The summed E-state index contributed by atoms with van der Waals surface area (Å²) in [6.07, 6.45) is 2.18. The maximum Gasteiger partial charge on any atom is 0.253 e. The zero-order chi connectivity index (χ0) is 17.7. The van der Waals surface area contributed by atoms with Crippen molar-refractivity contribution >= 4 is 11.8 Å². The summed E-state index contributed by atoms with van der Waals surface area (Å²) in [5, 5.41) is 11.9. The molecule has 1 saturated heterocycles. The third-order valence-corrected chi connectivity index (χ3v) is 4.50. The number of aliphatic hydroxyl groups excluding tert-OH is 1. The largest absolute Gasteiger partial charge is 0.396 e. The minimum atomic E-state index is -0.172. The summed E-state index contributed by atoms with van der Waals surface area (Å²) in [4.78, 5) is 26.9. The van der Waals surface area contributed by atoms with Gasteiger partial charge in [-0.2, -0.15) is 0 Å². The second-order valence-electron chi connectivity index (χ2n) is 6.89. The Morgan fingerprint density at radius 2 is 1.96 bits per heavy atom. The third-order valence-electron chi connectivity index (χ3n) is 4.50. The van der Waals surface area contributed by atoms with Gasteiger partial charge in [0.1, 0.15) is 0 Å². The lowest BCUT2D eigenvalue weighted by molar-refractivity contribution is -0.127. The number of amides is 2. The topological polar surface area (TPSA) is 69.6 Å². The van der Waals surface area contributed by atoms with Crippen molar-refractivity contribution in [2.24, 2.45) is 5.92 Å². The smallest absolute Gasteiger partial charge is 0.253 e. The van der Waals surface area contributed by atoms with Crippen LogP contribution in [0.2, 0.25) is 0 Å². The van der Waals surface area contributed by atoms with E-state index < -0.39 is 0 Å². The van der Waals surface area contributed by atoms with Crippen molar-refractivity contribution in [2.45, 2.75) is 46.1 Å². The zero-order valence-corrected chi connectivity index (χ0v) is 14.8. The molecule has 0 radical (unpaired) electrons. The molecule has 0 bridgehead atoms. The second-order valence-corrected chi connectivity index (χ2v) is 6.89. The molecule has 2 unspecified atom stereocenters. The zero-order valence-electron chi connectivity index (χ0n) is 14.8. The number of aliphatic hydroxyl groups is 1. The maximum absolute atomic E-state index is 12.8. The van der Waals surface area contributed by atoms with Crippen LogP contribution in [0.5, 0.6) is 0 Å². The predicted molar refractivity (Wildman–Crippen MR) is 93.9 cm³/mol. The highest BCUT2D eigenvalue weighted by Crippen LogP contribution is 2.20. The number of hydrogen-bond acceptors (Lipinski definition) is 3. The first kappa shape index (κ1) is 18.5. The number of rotatable bonds is 5. The lowest BCUT2D eigenvalue weighted by Gasteiger charge is -2.32. The van der Waals surface area contributed by atoms with Gasteiger partial charge in [-0.15, -0.1) is 0 Å². The number of likely N-dealkylation sites (tertiary alicyclic amines) is 1. The summed E-state index contributed by atoms with van der Waals surface area (Å²) < 4.78 is 0. The number of benzene rings is 1. The molecule has 1 aromatic carbocycles. The van der Waals surface area contributed by atoms with Gasteiger partial charge < -0.3 is 15.3 Å². The van der Waals surface area contributed by atoms with Gasteiger partial charge in [0.15, 0.2) is 0 Å². The van der Waals surface area contributed by atoms with Crippen LogP contribution in [0.1, 0.15) is 47.7 Å². The summed E-state index contributed by atoms with van der Waals surface area (Å²) >= 11 is 0. The molecule has 5 heteroatoms. The first-order valence-electron chi connectivity index (χ1n) is 8.69. The van der Waals surface area contributed by atoms with Gasteiger partial charge >= 0.3 is 0 Å². The summed E-state index contributed by atoms with van der Waals surface area (Å²) in [5.41, 5.74) is 2.84. The molecule has 0 aromatic heterocycles. The van der Waals surface area contributed by atoms with Crippen LogP contribution in [0.15, 0.2) is 18.2 Å². The number of hydrogen-bond donors (Lipinski definition) is 2. The number of piperidine rings is 1. The molecule has 24 heavy (non-hydrogen) atoms. The SMILES string of the molecule is Cc1cc(C)cc(C(=O)N2CCCC(C(=O)NC(C)CCO)C2)c1. The molecule has 1 heterocycles. The van der Waals surface area contributed by atoms with E-state index in [4.69, 9.17) is 5.11 Å². The number of nitrogens with one attached hydrogen (secondary N) is 1. The van der Waals surface area contributed by atoms with Gasteiger partial charge in [0.05, 0.1) is 5.92 Å². The van der Waals surface area contributed by atoms with Crippen LogP contribution in [-0.4, -0.2) is 47.6 Å². The molecule has 1 aliphatic rings. The van der Waals surface area contributed by atoms with Gasteiger partial charge in [0.2, 0.25) is 5.91 Å². The van der Waals surface area contributed by atoms with Gasteiger partial charge in [0, 0.05) is 31.3 Å². The highest BCUT2D eigenvalue weighted by molar-refractivity contribution is 5.95. The second kappa shape index (κ2) is 8.29. The molecule has 0 saturated carbocycles. The maximum atomic E-state index is 12.8. The Balaban J connectivity index is 2.01. The van der Waals surface area contributed by atoms with Gasteiger partial charge in [-0.3, -0.25) is 9.59 Å². The lowest BCUT2D eigenvalue weighted by Crippen LogP contribution is -2.47. The summed E-state index contributed by atoms with van der Waals surface area (Å²) in [7, 11) is 0. The Morgan fingerprint density at radius 1 is 1.29 bits per heavy atom. The Bertz CT molecular complexity index is 580. The van der Waals surface area contributed by atoms with Gasteiger partial charge in [-0.05, 0) is 52.2 Å². The van der Waals surface area contributed by atoms with Crippen molar-refractivity contribution in [3.63, 3.8) is 0 Å². The molecular formula is C19H28N2O3. The minimum absolute atomic E-state index is 0.00251. The van der Waals surface area contributed by atoms with Crippen LogP contribution in [0.3, 0.4) is 0 Å². The standard InChI is InChI=1S/C19H28N2O3/c1-13-9-14(2)11-17(10-13)19(24)21-7-4-5-16(12-21)18(23)20-15(3)6-8-22/h9-11,15-16,22H,4-8,12H2,1-3H3,(H,20,23). The third kappa shape index (κ3) is 4.81. The molecule has 1 aliphatic heterocycles. The van der Waals surface area contributed by atoms with Gasteiger partial charge in [-0.25, -0.2) is 0 Å². The predicted octanol–water partition coefficient (Wildman–Crippen LogP) is 2.04. The van der Waals surface area contributed by atoms with E-state index in [2.05, 4.69) is 5.32 Å². The van der Waals surface area contributed by atoms with E-state index in [0.29, 0.717) is 25.1 Å². The van der Waals surface area contributed by atoms with Crippen molar-refractivity contribution in [3.05, 3.63) is 34.9 Å². The fraction of sp³-hybridized carbons (Fsp3) is 0.579. The summed E-state index contributed by atoms with van der Waals surface area (Å²) in [6.45, 7) is 7.07. The summed E-state index contributed by atoms with van der Waals surface area (Å²) in [6, 6.07) is 5.81. The van der Waals surface area contributed by atoms with Crippen molar-refractivity contribution < 1.29 is 14.7 Å². The fourth-order valence-corrected chi connectivity index (χ4v) is 3.28. The molecule has 2 N–H and O–H groups in total. The molecule has 132 valence electrons. The highest BCUT2D eigenvalue weighted by Gasteiger charge is 2.29. The van der Waals surface area contributed by atoms with Gasteiger partial charge in [-0.1, -0.05) is 17.2 Å². The summed E-state index contributed by atoms with van der Waals surface area (Å²) in [5.74, 6) is -0.189. The molecule has 0 aliphatic carbocycles. The Labute approximate surface area is 144 Å². The Morgan fingerprint density at radius 3 is 2.58 bits per heavy atom. The molecule has 2 amide bonds. The van der Waals surface area contributed by atoms with Crippen molar-refractivity contribution in [3.8, 4) is 0 Å². The molecular weight excluding hydrogens is 304 g/mol. The van der Waals surface area contributed by atoms with Crippen LogP contribution in [0.25, 0.3) is 0 Å². The first-order valence-corrected chi connectivity index (χ1v) is 8.69. The molecule has 5 nitrogen and oxygen atoms in total.